The van der Waals surface area contributed by atoms with Gasteiger partial charge in [-0.3, -0.25) is 4.79 Å². The lowest BCUT2D eigenvalue weighted by molar-refractivity contribution is -0.136. The number of anilines is 1. The van der Waals surface area contributed by atoms with E-state index < -0.39 is 5.97 Å². The van der Waals surface area contributed by atoms with Crippen molar-refractivity contribution in [2.24, 2.45) is 0 Å². The minimum Gasteiger partial charge on any atom is -0.481 e. The molecule has 1 aromatic rings. The molecule has 19 heavy (non-hydrogen) atoms. The lowest BCUT2D eigenvalue weighted by atomic mass is 10.3. The zero-order valence-corrected chi connectivity index (χ0v) is 11.2. The van der Waals surface area contributed by atoms with E-state index in [1.165, 1.54) is 6.33 Å². The standard InChI is InChI=1S/C13H19N3O3/c1-9(2)19-12-7-11(14-8-15-12)16(10-3-4-10)6-5-13(17)18/h7-10H,3-6H2,1-2H3,(H,17,18). The fourth-order valence-corrected chi connectivity index (χ4v) is 1.88. The highest BCUT2D eigenvalue weighted by atomic mass is 16.5. The van der Waals surface area contributed by atoms with Crippen LogP contribution in [0.15, 0.2) is 12.4 Å². The Bertz CT molecular complexity index is 447. The molecule has 104 valence electrons. The van der Waals surface area contributed by atoms with E-state index in [0.717, 1.165) is 18.7 Å². The number of carboxylic acid groups (broad SMARTS) is 1. The van der Waals surface area contributed by atoms with Crippen LogP contribution in [0.2, 0.25) is 0 Å². The van der Waals surface area contributed by atoms with Crippen LogP contribution in [0.25, 0.3) is 0 Å². The SMILES string of the molecule is CC(C)Oc1cc(N(CCC(=O)O)C2CC2)ncn1. The van der Waals surface area contributed by atoms with Crippen LogP contribution in [0.4, 0.5) is 5.82 Å². The molecular weight excluding hydrogens is 246 g/mol. The maximum Gasteiger partial charge on any atom is 0.305 e. The van der Waals surface area contributed by atoms with Gasteiger partial charge in [-0.1, -0.05) is 0 Å². The number of carbonyl (C=O) groups is 1. The normalized spacial score (nSPS) is 14.5. The molecule has 1 aliphatic carbocycles. The summed E-state index contributed by atoms with van der Waals surface area (Å²) >= 11 is 0. The summed E-state index contributed by atoms with van der Waals surface area (Å²) in [5, 5.41) is 8.80. The molecule has 1 heterocycles. The molecule has 6 heteroatoms. The first kappa shape index (κ1) is 13.6. The number of aromatic nitrogens is 2. The molecule has 2 rings (SSSR count). The van der Waals surface area contributed by atoms with Crippen LogP contribution in [0.3, 0.4) is 0 Å². The highest BCUT2D eigenvalue weighted by Crippen LogP contribution is 2.31. The lowest BCUT2D eigenvalue weighted by Gasteiger charge is -2.23. The molecule has 0 aliphatic heterocycles. The Labute approximate surface area is 112 Å². The number of rotatable bonds is 7. The predicted octanol–water partition coefficient (Wildman–Crippen LogP) is 1.71. The molecule has 1 aliphatic rings. The topological polar surface area (TPSA) is 75.5 Å². The van der Waals surface area contributed by atoms with Crippen LogP contribution in [0.1, 0.15) is 33.1 Å². The van der Waals surface area contributed by atoms with Crippen molar-refractivity contribution >= 4 is 11.8 Å². The van der Waals surface area contributed by atoms with E-state index >= 15 is 0 Å². The summed E-state index contributed by atoms with van der Waals surface area (Å²) in [6, 6.07) is 2.18. The highest BCUT2D eigenvalue weighted by molar-refractivity contribution is 5.67. The summed E-state index contributed by atoms with van der Waals surface area (Å²) in [5.74, 6) is 0.480. The molecule has 1 fully saturated rings. The van der Waals surface area contributed by atoms with Crippen molar-refractivity contribution in [3.8, 4) is 5.88 Å². The minimum atomic E-state index is -0.793. The zero-order chi connectivity index (χ0) is 13.8. The van der Waals surface area contributed by atoms with Crippen molar-refractivity contribution in [3.05, 3.63) is 12.4 Å². The van der Waals surface area contributed by atoms with Gasteiger partial charge >= 0.3 is 5.97 Å². The van der Waals surface area contributed by atoms with Crippen LogP contribution < -0.4 is 9.64 Å². The van der Waals surface area contributed by atoms with Gasteiger partial charge in [-0.25, -0.2) is 9.97 Å². The molecule has 0 saturated heterocycles. The molecule has 0 spiro atoms. The van der Waals surface area contributed by atoms with Crippen LogP contribution >= 0.6 is 0 Å². The molecule has 0 atom stereocenters. The Kier molecular flexibility index (Phi) is 4.19. The Morgan fingerprint density at radius 1 is 1.53 bits per heavy atom. The molecule has 0 aromatic carbocycles. The number of hydrogen-bond donors (Lipinski definition) is 1. The Morgan fingerprint density at radius 3 is 2.84 bits per heavy atom. The zero-order valence-electron chi connectivity index (χ0n) is 11.2. The monoisotopic (exact) mass is 265 g/mol. The second kappa shape index (κ2) is 5.86. The van der Waals surface area contributed by atoms with Crippen molar-refractivity contribution in [2.45, 2.75) is 45.3 Å². The number of nitrogens with zero attached hydrogens (tertiary/aromatic N) is 3. The van der Waals surface area contributed by atoms with Gasteiger partial charge in [0, 0.05) is 18.7 Å². The van der Waals surface area contributed by atoms with Crippen LogP contribution in [0.5, 0.6) is 5.88 Å². The summed E-state index contributed by atoms with van der Waals surface area (Å²) in [5.41, 5.74) is 0. The summed E-state index contributed by atoms with van der Waals surface area (Å²) in [6.07, 6.45) is 3.80. The Morgan fingerprint density at radius 2 is 2.26 bits per heavy atom. The first-order chi connectivity index (χ1) is 9.06. The summed E-state index contributed by atoms with van der Waals surface area (Å²) in [6.45, 7) is 4.34. The summed E-state index contributed by atoms with van der Waals surface area (Å²) in [4.78, 5) is 21.0. The van der Waals surface area contributed by atoms with E-state index in [0.29, 0.717) is 18.5 Å². The molecule has 6 nitrogen and oxygen atoms in total. The second-order valence-electron chi connectivity index (χ2n) is 4.95. The highest BCUT2D eigenvalue weighted by Gasteiger charge is 2.30. The van der Waals surface area contributed by atoms with E-state index in [9.17, 15) is 4.79 Å². The van der Waals surface area contributed by atoms with E-state index in [1.54, 1.807) is 6.07 Å². The van der Waals surface area contributed by atoms with E-state index in [2.05, 4.69) is 9.97 Å². The molecule has 1 aromatic heterocycles. The lowest BCUT2D eigenvalue weighted by Crippen LogP contribution is -2.29. The van der Waals surface area contributed by atoms with Crippen molar-refractivity contribution < 1.29 is 14.6 Å². The Hall–Kier alpha value is -1.85. The van der Waals surface area contributed by atoms with Crippen molar-refractivity contribution in [3.63, 3.8) is 0 Å². The fraction of sp³-hybridized carbons (Fsp3) is 0.615. The summed E-state index contributed by atoms with van der Waals surface area (Å²) < 4.78 is 5.54. The van der Waals surface area contributed by atoms with Gasteiger partial charge in [0.05, 0.1) is 12.5 Å². The second-order valence-corrected chi connectivity index (χ2v) is 4.95. The fourth-order valence-electron chi connectivity index (χ4n) is 1.88. The third-order valence-electron chi connectivity index (χ3n) is 2.83. The largest absolute Gasteiger partial charge is 0.481 e. The van der Waals surface area contributed by atoms with Gasteiger partial charge < -0.3 is 14.7 Å². The molecule has 0 unspecified atom stereocenters. The van der Waals surface area contributed by atoms with Crippen LogP contribution in [0, 0.1) is 0 Å². The number of hydrogen-bond acceptors (Lipinski definition) is 5. The molecule has 0 radical (unpaired) electrons. The van der Waals surface area contributed by atoms with Crippen LogP contribution in [-0.4, -0.2) is 39.7 Å². The predicted molar refractivity (Wildman–Crippen MR) is 70.4 cm³/mol. The number of aliphatic carboxylic acids is 1. The Balaban J connectivity index is 2.09. The number of ether oxygens (including phenoxy) is 1. The molecule has 0 amide bonds. The van der Waals surface area contributed by atoms with Gasteiger partial charge in [-0.15, -0.1) is 0 Å². The third kappa shape index (κ3) is 4.08. The van der Waals surface area contributed by atoms with E-state index in [4.69, 9.17) is 9.84 Å². The van der Waals surface area contributed by atoms with Crippen molar-refractivity contribution in [2.75, 3.05) is 11.4 Å². The van der Waals surface area contributed by atoms with Crippen molar-refractivity contribution in [1.82, 2.24) is 9.97 Å². The van der Waals surface area contributed by atoms with Gasteiger partial charge in [-0.2, -0.15) is 0 Å². The van der Waals surface area contributed by atoms with Crippen LogP contribution in [-0.2, 0) is 4.79 Å². The van der Waals surface area contributed by atoms with Gasteiger partial charge in [0.1, 0.15) is 12.1 Å². The maximum absolute atomic E-state index is 10.7. The average Bonchev–Trinajstić information content (AvgIpc) is 3.13. The first-order valence-electron chi connectivity index (χ1n) is 6.53. The smallest absolute Gasteiger partial charge is 0.305 e. The van der Waals surface area contributed by atoms with Gasteiger partial charge in [0.15, 0.2) is 0 Å². The van der Waals surface area contributed by atoms with Crippen molar-refractivity contribution in [1.29, 1.82) is 0 Å². The average molecular weight is 265 g/mol. The summed E-state index contributed by atoms with van der Waals surface area (Å²) in [7, 11) is 0. The number of carboxylic acids is 1. The van der Waals surface area contributed by atoms with E-state index in [-0.39, 0.29) is 12.5 Å². The van der Waals surface area contributed by atoms with Gasteiger partial charge in [-0.05, 0) is 26.7 Å². The van der Waals surface area contributed by atoms with E-state index in [1.807, 2.05) is 18.7 Å². The molecular formula is C13H19N3O3. The third-order valence-corrected chi connectivity index (χ3v) is 2.83. The molecule has 0 bridgehead atoms. The molecule has 1 N–H and O–H groups in total. The van der Waals surface area contributed by atoms with Gasteiger partial charge in [0.2, 0.25) is 5.88 Å². The quantitative estimate of drug-likeness (QED) is 0.808. The minimum absolute atomic E-state index is 0.0520. The van der Waals surface area contributed by atoms with Gasteiger partial charge in [0.25, 0.3) is 0 Å². The molecule has 1 saturated carbocycles. The first-order valence-corrected chi connectivity index (χ1v) is 6.53. The maximum atomic E-state index is 10.7.